The first-order valence-electron chi connectivity index (χ1n) is 9.73. The van der Waals surface area contributed by atoms with Gasteiger partial charge in [0.1, 0.15) is 0 Å². The van der Waals surface area contributed by atoms with Gasteiger partial charge in [-0.2, -0.15) is 5.10 Å². The van der Waals surface area contributed by atoms with Gasteiger partial charge in [0.15, 0.2) is 0 Å². The molecule has 1 aromatic heterocycles. The van der Waals surface area contributed by atoms with Crippen molar-refractivity contribution in [2.75, 3.05) is 6.54 Å². The molecular formula is C23H25N3S. The summed E-state index contributed by atoms with van der Waals surface area (Å²) in [6, 6.07) is 21.4. The summed E-state index contributed by atoms with van der Waals surface area (Å²) in [7, 11) is 0. The zero-order valence-corrected chi connectivity index (χ0v) is 16.5. The lowest BCUT2D eigenvalue weighted by molar-refractivity contribution is 0.562. The molecule has 0 bridgehead atoms. The van der Waals surface area contributed by atoms with Crippen LogP contribution in [0.3, 0.4) is 0 Å². The van der Waals surface area contributed by atoms with Crippen molar-refractivity contribution in [2.24, 2.45) is 10.1 Å². The van der Waals surface area contributed by atoms with Gasteiger partial charge in [0.2, 0.25) is 4.80 Å². The van der Waals surface area contributed by atoms with Gasteiger partial charge >= 0.3 is 0 Å². The molecular weight excluding hydrogens is 350 g/mol. The van der Waals surface area contributed by atoms with Crippen LogP contribution in [0.25, 0.3) is 11.3 Å². The van der Waals surface area contributed by atoms with E-state index in [2.05, 4.69) is 76.6 Å². The zero-order chi connectivity index (χ0) is 18.5. The first kappa shape index (κ1) is 17.9. The Morgan fingerprint density at radius 1 is 0.963 bits per heavy atom. The summed E-state index contributed by atoms with van der Waals surface area (Å²) >= 11 is 1.67. The van der Waals surface area contributed by atoms with Gasteiger partial charge in [0.05, 0.1) is 5.69 Å². The van der Waals surface area contributed by atoms with Gasteiger partial charge in [-0.15, -0.1) is 11.3 Å². The highest BCUT2D eigenvalue weighted by Gasteiger charge is 2.20. The van der Waals surface area contributed by atoms with Gasteiger partial charge < -0.3 is 0 Å². The van der Waals surface area contributed by atoms with E-state index in [-0.39, 0.29) is 0 Å². The number of thiazole rings is 1. The van der Waals surface area contributed by atoms with Gasteiger partial charge in [-0.3, -0.25) is 4.99 Å². The molecule has 0 radical (unpaired) electrons. The molecule has 4 rings (SSSR count). The Labute approximate surface area is 164 Å². The molecule has 0 atom stereocenters. The van der Waals surface area contributed by atoms with E-state index >= 15 is 0 Å². The molecule has 1 fully saturated rings. The van der Waals surface area contributed by atoms with Gasteiger partial charge in [-0.1, -0.05) is 60.7 Å². The first-order chi connectivity index (χ1) is 13.3. The van der Waals surface area contributed by atoms with Crippen molar-refractivity contribution in [2.45, 2.75) is 38.5 Å². The highest BCUT2D eigenvalue weighted by molar-refractivity contribution is 7.07. The summed E-state index contributed by atoms with van der Waals surface area (Å²) in [5.74, 6) is 0.658. The largest absolute Gasteiger partial charge is 0.258 e. The SMILES string of the molecule is CCN=c1scc(-c2ccccc2)n1N=C1CCC(c2ccccc2)CC1. The molecule has 4 heteroatoms. The quantitative estimate of drug-likeness (QED) is 0.560. The minimum atomic E-state index is 0.658. The summed E-state index contributed by atoms with van der Waals surface area (Å²) in [6.45, 7) is 2.85. The maximum Gasteiger partial charge on any atom is 0.206 e. The van der Waals surface area contributed by atoms with Gasteiger partial charge in [-0.05, 0) is 44.1 Å². The second-order valence-electron chi connectivity index (χ2n) is 6.91. The van der Waals surface area contributed by atoms with Gasteiger partial charge in [0.25, 0.3) is 0 Å². The topological polar surface area (TPSA) is 29.6 Å². The Balaban J connectivity index is 1.61. The van der Waals surface area contributed by atoms with E-state index in [0.717, 1.165) is 29.9 Å². The lowest BCUT2D eigenvalue weighted by Crippen LogP contribution is -2.18. The minimum Gasteiger partial charge on any atom is -0.258 e. The van der Waals surface area contributed by atoms with E-state index in [9.17, 15) is 0 Å². The highest BCUT2D eigenvalue weighted by Crippen LogP contribution is 2.31. The average Bonchev–Trinajstić information content (AvgIpc) is 3.12. The average molecular weight is 376 g/mol. The molecule has 0 amide bonds. The van der Waals surface area contributed by atoms with E-state index in [1.807, 2.05) is 6.07 Å². The highest BCUT2D eigenvalue weighted by atomic mass is 32.1. The molecule has 138 valence electrons. The van der Waals surface area contributed by atoms with Crippen LogP contribution >= 0.6 is 11.3 Å². The molecule has 1 heterocycles. The fourth-order valence-corrected chi connectivity index (χ4v) is 4.59. The van der Waals surface area contributed by atoms with E-state index in [1.54, 1.807) is 11.3 Å². The number of aromatic nitrogens is 1. The Morgan fingerprint density at radius 2 is 1.63 bits per heavy atom. The van der Waals surface area contributed by atoms with Crippen LogP contribution in [0.4, 0.5) is 0 Å². The van der Waals surface area contributed by atoms with Crippen molar-refractivity contribution >= 4 is 17.0 Å². The molecule has 3 nitrogen and oxygen atoms in total. The van der Waals surface area contributed by atoms with Gasteiger partial charge in [-0.25, -0.2) is 4.68 Å². The van der Waals surface area contributed by atoms with Gasteiger partial charge in [0, 0.05) is 23.2 Å². The Morgan fingerprint density at radius 3 is 2.30 bits per heavy atom. The molecule has 2 aromatic carbocycles. The first-order valence-corrected chi connectivity index (χ1v) is 10.6. The van der Waals surface area contributed by atoms with Crippen LogP contribution in [0.1, 0.15) is 44.1 Å². The monoisotopic (exact) mass is 375 g/mol. The van der Waals surface area contributed by atoms with E-state index in [0.29, 0.717) is 5.92 Å². The van der Waals surface area contributed by atoms with Crippen molar-refractivity contribution in [3.8, 4) is 11.3 Å². The van der Waals surface area contributed by atoms with Crippen LogP contribution in [-0.4, -0.2) is 16.9 Å². The second kappa shape index (κ2) is 8.49. The third-order valence-electron chi connectivity index (χ3n) is 5.12. The van der Waals surface area contributed by atoms with Crippen LogP contribution in [0, 0.1) is 0 Å². The lowest BCUT2D eigenvalue weighted by Gasteiger charge is -2.23. The van der Waals surface area contributed by atoms with Crippen LogP contribution in [0.15, 0.2) is 76.1 Å². The zero-order valence-electron chi connectivity index (χ0n) is 15.7. The standard InChI is InChI=1S/C23H25N3S/c1-2-24-23-26(22(17-27-23)20-11-7-4-8-12-20)25-21-15-13-19(14-16-21)18-9-5-3-6-10-18/h3-12,17,19H,2,13-16H2,1H3. The Hall–Kier alpha value is -2.46. The normalized spacial score (nSPS) is 17.9. The molecule has 27 heavy (non-hydrogen) atoms. The van der Waals surface area contributed by atoms with Crippen molar-refractivity contribution in [1.82, 2.24) is 4.68 Å². The van der Waals surface area contributed by atoms with Crippen LogP contribution in [0.2, 0.25) is 0 Å². The summed E-state index contributed by atoms with van der Waals surface area (Å²) in [5, 5.41) is 7.22. The summed E-state index contributed by atoms with van der Waals surface area (Å²) < 4.78 is 2.06. The third-order valence-corrected chi connectivity index (χ3v) is 5.98. The fraction of sp³-hybridized carbons (Fsp3) is 0.304. The molecule has 0 N–H and O–H groups in total. The molecule has 0 aliphatic heterocycles. The van der Waals surface area contributed by atoms with E-state index < -0.39 is 0 Å². The number of nitrogens with zero attached hydrogens (tertiary/aromatic N) is 3. The van der Waals surface area contributed by atoms with Crippen molar-refractivity contribution in [3.05, 3.63) is 76.4 Å². The minimum absolute atomic E-state index is 0.658. The smallest absolute Gasteiger partial charge is 0.206 e. The van der Waals surface area contributed by atoms with E-state index in [1.165, 1.54) is 29.7 Å². The Kier molecular flexibility index (Phi) is 5.64. The lowest BCUT2D eigenvalue weighted by atomic mass is 9.83. The second-order valence-corrected chi connectivity index (χ2v) is 7.74. The summed E-state index contributed by atoms with van der Waals surface area (Å²) in [5.41, 5.74) is 5.07. The Bertz CT molecular complexity index is 958. The summed E-state index contributed by atoms with van der Waals surface area (Å²) in [4.78, 5) is 5.64. The maximum atomic E-state index is 5.05. The van der Waals surface area contributed by atoms with Crippen molar-refractivity contribution in [1.29, 1.82) is 0 Å². The van der Waals surface area contributed by atoms with Crippen molar-refractivity contribution < 1.29 is 0 Å². The fourth-order valence-electron chi connectivity index (χ4n) is 3.70. The van der Waals surface area contributed by atoms with Crippen molar-refractivity contribution in [3.63, 3.8) is 0 Å². The molecule has 1 aliphatic rings. The number of benzene rings is 2. The molecule has 0 unspecified atom stereocenters. The molecule has 0 saturated heterocycles. The predicted molar refractivity (Wildman–Crippen MR) is 114 cm³/mol. The van der Waals surface area contributed by atoms with Crippen LogP contribution in [-0.2, 0) is 0 Å². The summed E-state index contributed by atoms with van der Waals surface area (Å²) in [6.07, 6.45) is 4.47. The number of hydrogen-bond donors (Lipinski definition) is 0. The molecule has 3 aromatic rings. The van der Waals surface area contributed by atoms with Crippen LogP contribution < -0.4 is 4.80 Å². The molecule has 0 spiro atoms. The predicted octanol–water partition coefficient (Wildman–Crippen LogP) is 5.70. The molecule has 1 saturated carbocycles. The van der Waals surface area contributed by atoms with E-state index in [4.69, 9.17) is 5.10 Å². The number of hydrogen-bond acceptors (Lipinski definition) is 3. The third kappa shape index (κ3) is 4.11. The number of rotatable bonds is 4. The maximum absolute atomic E-state index is 5.05. The molecule has 1 aliphatic carbocycles. The van der Waals surface area contributed by atoms with Crippen LogP contribution in [0.5, 0.6) is 0 Å².